The first kappa shape index (κ1) is 20.1. The molecule has 0 unspecified atom stereocenters. The molecule has 0 aliphatic heterocycles. The van der Waals surface area contributed by atoms with Crippen LogP contribution in [0, 0.1) is 10.1 Å². The fraction of sp³-hybridized carbons (Fsp3) is 0.188. The molecule has 0 saturated heterocycles. The van der Waals surface area contributed by atoms with E-state index < -0.39 is 4.92 Å². The van der Waals surface area contributed by atoms with Crippen molar-refractivity contribution in [3.63, 3.8) is 0 Å². The number of benzene rings is 1. The number of halogens is 3. The highest BCUT2D eigenvalue weighted by Gasteiger charge is 2.13. The van der Waals surface area contributed by atoms with Crippen LogP contribution in [0.2, 0.25) is 15.1 Å². The van der Waals surface area contributed by atoms with Crippen LogP contribution in [-0.2, 0) is 17.9 Å². The van der Waals surface area contributed by atoms with Gasteiger partial charge in [0.15, 0.2) is 5.82 Å². The molecular weight excluding hydrogens is 431 g/mol. The molecule has 1 amide bonds. The lowest BCUT2D eigenvalue weighted by molar-refractivity contribution is -0.385. The summed E-state index contributed by atoms with van der Waals surface area (Å²) in [4.78, 5) is 22.2. The second-order valence-corrected chi connectivity index (χ2v) is 7.01. The number of nitro groups is 1. The molecule has 0 radical (unpaired) electrons. The van der Waals surface area contributed by atoms with Crippen molar-refractivity contribution in [1.82, 2.24) is 19.6 Å². The van der Waals surface area contributed by atoms with Crippen LogP contribution in [0.15, 0.2) is 36.8 Å². The summed E-state index contributed by atoms with van der Waals surface area (Å²) in [5.74, 6) is -0.127. The lowest BCUT2D eigenvalue weighted by Crippen LogP contribution is -2.15. The van der Waals surface area contributed by atoms with Crippen molar-refractivity contribution < 1.29 is 9.72 Å². The third-order valence-electron chi connectivity index (χ3n) is 3.70. The second kappa shape index (κ2) is 8.59. The van der Waals surface area contributed by atoms with Gasteiger partial charge in [0.1, 0.15) is 17.4 Å². The maximum absolute atomic E-state index is 12.1. The van der Waals surface area contributed by atoms with Crippen molar-refractivity contribution in [1.29, 1.82) is 0 Å². The summed E-state index contributed by atoms with van der Waals surface area (Å²) < 4.78 is 2.89. The van der Waals surface area contributed by atoms with Gasteiger partial charge in [-0.1, -0.05) is 40.9 Å². The summed E-state index contributed by atoms with van der Waals surface area (Å²) in [7, 11) is 0. The number of aromatic nitrogens is 4. The highest BCUT2D eigenvalue weighted by atomic mass is 35.5. The van der Waals surface area contributed by atoms with E-state index in [1.165, 1.54) is 10.9 Å². The zero-order valence-electron chi connectivity index (χ0n) is 14.2. The van der Waals surface area contributed by atoms with Gasteiger partial charge in [0.25, 0.3) is 0 Å². The Balaban J connectivity index is 1.58. The van der Waals surface area contributed by atoms with Gasteiger partial charge in [-0.05, 0) is 17.7 Å². The predicted octanol–water partition coefficient (Wildman–Crippen LogP) is 4.03. The minimum absolute atomic E-state index is 0.0504. The van der Waals surface area contributed by atoms with Gasteiger partial charge in [-0.3, -0.25) is 24.3 Å². The van der Waals surface area contributed by atoms with Crippen LogP contribution in [0.25, 0.3) is 0 Å². The summed E-state index contributed by atoms with van der Waals surface area (Å²) in [6.45, 7) is 0.574. The van der Waals surface area contributed by atoms with Crippen molar-refractivity contribution in [2.45, 2.75) is 19.5 Å². The van der Waals surface area contributed by atoms with Gasteiger partial charge in [-0.25, -0.2) is 0 Å². The number of rotatable bonds is 7. The largest absolute Gasteiger partial charge is 0.308 e. The topological polar surface area (TPSA) is 108 Å². The fourth-order valence-electron chi connectivity index (χ4n) is 2.37. The van der Waals surface area contributed by atoms with E-state index in [1.807, 2.05) is 6.07 Å². The van der Waals surface area contributed by atoms with Crippen LogP contribution in [0.3, 0.4) is 0 Å². The molecule has 12 heteroatoms. The van der Waals surface area contributed by atoms with Crippen molar-refractivity contribution in [2.75, 3.05) is 5.32 Å². The lowest BCUT2D eigenvalue weighted by atomic mass is 10.2. The quantitative estimate of drug-likeness (QED) is 0.438. The molecule has 0 fully saturated rings. The number of nitrogens with one attached hydrogen (secondary N) is 1. The Morgan fingerprint density at radius 2 is 1.93 bits per heavy atom. The third kappa shape index (κ3) is 5.00. The van der Waals surface area contributed by atoms with Gasteiger partial charge in [0, 0.05) is 19.2 Å². The molecule has 3 rings (SSSR count). The summed E-state index contributed by atoms with van der Waals surface area (Å²) >= 11 is 18.0. The molecule has 2 heterocycles. The number of amides is 1. The molecule has 146 valence electrons. The molecule has 0 aliphatic rings. The molecule has 0 bridgehead atoms. The van der Waals surface area contributed by atoms with E-state index in [9.17, 15) is 14.9 Å². The molecule has 1 N–H and O–H groups in total. The monoisotopic (exact) mass is 442 g/mol. The first-order valence-electron chi connectivity index (χ1n) is 7.95. The Morgan fingerprint density at radius 1 is 1.14 bits per heavy atom. The van der Waals surface area contributed by atoms with E-state index in [0.717, 1.165) is 11.8 Å². The molecule has 1 aromatic carbocycles. The Labute approximate surface area is 173 Å². The highest BCUT2D eigenvalue weighted by molar-refractivity contribution is 6.42. The average molecular weight is 444 g/mol. The molecule has 3 aromatic rings. The van der Waals surface area contributed by atoms with Gasteiger partial charge < -0.3 is 5.32 Å². The summed E-state index contributed by atoms with van der Waals surface area (Å²) in [5, 5.41) is 22.5. The third-order valence-corrected chi connectivity index (χ3v) is 4.72. The Morgan fingerprint density at radius 3 is 2.61 bits per heavy atom. The molecule has 28 heavy (non-hydrogen) atoms. The maximum Gasteiger partial charge on any atom is 0.306 e. The number of hydrogen-bond donors (Lipinski definition) is 1. The van der Waals surface area contributed by atoms with Crippen LogP contribution in [0.4, 0.5) is 11.5 Å². The lowest BCUT2D eigenvalue weighted by Gasteiger charge is -2.04. The molecule has 0 atom stereocenters. The molecule has 9 nitrogen and oxygen atoms in total. The Kier molecular flexibility index (Phi) is 6.18. The zero-order valence-corrected chi connectivity index (χ0v) is 16.4. The van der Waals surface area contributed by atoms with Gasteiger partial charge in [-0.2, -0.15) is 10.2 Å². The zero-order chi connectivity index (χ0) is 20.3. The smallest absolute Gasteiger partial charge is 0.306 e. The highest BCUT2D eigenvalue weighted by Crippen LogP contribution is 2.24. The number of aryl methyl sites for hydroxylation is 1. The fourth-order valence-corrected chi connectivity index (χ4v) is 2.89. The van der Waals surface area contributed by atoms with Crippen LogP contribution < -0.4 is 5.32 Å². The van der Waals surface area contributed by atoms with Crippen LogP contribution >= 0.6 is 34.8 Å². The van der Waals surface area contributed by atoms with E-state index >= 15 is 0 Å². The van der Waals surface area contributed by atoms with Crippen molar-refractivity contribution in [3.8, 4) is 0 Å². The van der Waals surface area contributed by atoms with Gasteiger partial charge in [0.2, 0.25) is 5.91 Å². The average Bonchev–Trinajstić information content (AvgIpc) is 3.24. The standard InChI is InChI=1S/C16H13Cl3N6O3/c17-12-2-1-10(5-13(12)18)7-24-9-14(19)16(22-24)21-15(26)3-4-23-8-11(6-20-23)25(27)28/h1-2,5-6,8-9H,3-4,7H2,(H,21,22,26). The second-order valence-electron chi connectivity index (χ2n) is 5.79. The number of anilines is 1. The number of carbonyl (C=O) groups excluding carboxylic acids is 1. The molecule has 2 aromatic heterocycles. The van der Waals surface area contributed by atoms with Crippen molar-refractivity contribution in [2.24, 2.45) is 0 Å². The first-order chi connectivity index (χ1) is 13.3. The van der Waals surface area contributed by atoms with E-state index in [1.54, 1.807) is 23.0 Å². The van der Waals surface area contributed by atoms with Crippen LogP contribution in [0.1, 0.15) is 12.0 Å². The normalized spacial score (nSPS) is 10.8. The van der Waals surface area contributed by atoms with E-state index in [-0.39, 0.29) is 35.4 Å². The number of nitrogens with zero attached hydrogens (tertiary/aromatic N) is 5. The van der Waals surface area contributed by atoms with Crippen LogP contribution in [-0.4, -0.2) is 30.4 Å². The van der Waals surface area contributed by atoms with Gasteiger partial charge in [-0.15, -0.1) is 0 Å². The Bertz CT molecular complexity index is 1030. The van der Waals surface area contributed by atoms with Crippen LogP contribution in [0.5, 0.6) is 0 Å². The summed E-state index contributed by atoms with van der Waals surface area (Å²) in [5.41, 5.74) is 0.733. The van der Waals surface area contributed by atoms with Crippen molar-refractivity contribution >= 4 is 52.2 Å². The van der Waals surface area contributed by atoms with E-state index in [2.05, 4.69) is 15.5 Å². The van der Waals surface area contributed by atoms with E-state index in [4.69, 9.17) is 34.8 Å². The van der Waals surface area contributed by atoms with Gasteiger partial charge >= 0.3 is 5.69 Å². The molecule has 0 spiro atoms. The number of carbonyl (C=O) groups is 1. The molecular formula is C16H13Cl3N6O3. The van der Waals surface area contributed by atoms with E-state index in [0.29, 0.717) is 16.6 Å². The van der Waals surface area contributed by atoms with Crippen molar-refractivity contribution in [3.05, 3.63) is 67.5 Å². The minimum atomic E-state index is -0.552. The molecule has 0 aliphatic carbocycles. The predicted molar refractivity (Wildman–Crippen MR) is 105 cm³/mol. The first-order valence-corrected chi connectivity index (χ1v) is 9.09. The summed E-state index contributed by atoms with van der Waals surface area (Å²) in [6, 6.07) is 5.22. The number of hydrogen-bond acceptors (Lipinski definition) is 5. The molecule has 0 saturated carbocycles. The summed E-state index contributed by atoms with van der Waals surface area (Å²) in [6.07, 6.45) is 4.01. The minimum Gasteiger partial charge on any atom is -0.308 e. The SMILES string of the molecule is O=C(CCn1cc([N+](=O)[O-])cn1)Nc1nn(Cc2ccc(Cl)c(Cl)c2)cc1Cl. The Hall–Kier alpha value is -2.62. The van der Waals surface area contributed by atoms with Gasteiger partial charge in [0.05, 0.1) is 21.5 Å². The maximum atomic E-state index is 12.1.